The lowest BCUT2D eigenvalue weighted by atomic mass is 9.89. The van der Waals surface area contributed by atoms with Gasteiger partial charge in [0.2, 0.25) is 82.7 Å². The van der Waals surface area contributed by atoms with Gasteiger partial charge in [-0.3, -0.25) is 95.3 Å². The van der Waals surface area contributed by atoms with Crippen molar-refractivity contribution in [3.05, 3.63) is 65.7 Å². The molecule has 2 aromatic rings. The second-order valence-corrected chi connectivity index (χ2v) is 39.8. The summed E-state index contributed by atoms with van der Waals surface area (Å²) in [6, 6.07) is 0.172. The molecule has 5 rings (SSSR count). The number of nitrogens with two attached hydrogens (primary N) is 1. The number of phosphoric ester groups is 1. The highest BCUT2D eigenvalue weighted by atomic mass is 31.2. The fourth-order valence-corrected chi connectivity index (χ4v) is 17.9. The van der Waals surface area contributed by atoms with E-state index in [2.05, 4.69) is 58.5 Å². The number of hydrogen-bond donors (Lipinski definition) is 16. The third-order valence-corrected chi connectivity index (χ3v) is 26.0. The van der Waals surface area contributed by atoms with Crippen molar-refractivity contribution in [2.75, 3.05) is 132 Å². The third kappa shape index (κ3) is 40.9. The molecule has 0 saturated carbocycles. The molecule has 0 spiro atoms. The van der Waals surface area contributed by atoms with Gasteiger partial charge in [-0.2, -0.15) is 0 Å². The number of aliphatic carboxylic acids is 1. The minimum atomic E-state index is -5.05. The largest absolute Gasteiger partial charge is 0.481 e. The maximum atomic E-state index is 14.7. The first kappa shape index (κ1) is 122. The molecule has 48 nitrogen and oxygen atoms in total. The Kier molecular flexibility index (Phi) is 52.3. The maximum Gasteiger partial charge on any atom is 0.473 e. The number of benzene rings is 2. The minimum absolute atomic E-state index is 0.0190. The molecule has 3 aliphatic heterocycles. The molecule has 0 aliphatic carbocycles. The Hall–Kier alpha value is -10.6. The zero-order valence-electron chi connectivity index (χ0n) is 83.8. The number of cyclic esters (lactones) is 1. The van der Waals surface area contributed by atoms with Gasteiger partial charge in [-0.15, -0.1) is 0 Å². The molecular weight excluding hydrogens is 1900 g/mol. The Morgan fingerprint density at radius 2 is 1.21 bits per heavy atom. The third-order valence-electron chi connectivity index (χ3n) is 24.2. The average Bonchev–Trinajstić information content (AvgIpc) is 1.73. The Labute approximate surface area is 827 Å². The summed E-state index contributed by atoms with van der Waals surface area (Å²) in [5.41, 5.74) is 6.11. The highest BCUT2D eigenvalue weighted by Gasteiger charge is 2.47. The van der Waals surface area contributed by atoms with Crippen LogP contribution in [-0.2, 0) is 135 Å². The zero-order chi connectivity index (χ0) is 106. The molecule has 50 heteroatoms. The summed E-state index contributed by atoms with van der Waals surface area (Å²) < 4.78 is 75.8. The minimum Gasteiger partial charge on any atom is -0.481 e. The van der Waals surface area contributed by atoms with Crippen molar-refractivity contribution >= 4 is 122 Å². The molecule has 0 radical (unpaired) electrons. The van der Waals surface area contributed by atoms with Crippen molar-refractivity contribution in [3.8, 4) is 0 Å². The highest BCUT2D eigenvalue weighted by Crippen LogP contribution is 2.50. The molecule has 2 aromatic carbocycles. The zero-order valence-corrected chi connectivity index (χ0v) is 85.6. The van der Waals surface area contributed by atoms with Gasteiger partial charge >= 0.3 is 33.4 Å². The fourth-order valence-electron chi connectivity index (χ4n) is 16.5. The lowest BCUT2D eigenvalue weighted by Crippen LogP contribution is -2.59. The summed E-state index contributed by atoms with van der Waals surface area (Å²) in [5, 5.41) is 38.0. The van der Waals surface area contributed by atoms with Crippen molar-refractivity contribution in [2.24, 2.45) is 41.2 Å². The van der Waals surface area contributed by atoms with Crippen molar-refractivity contribution in [2.45, 2.75) is 245 Å². The smallest absolute Gasteiger partial charge is 0.473 e. The number of urea groups is 1. The van der Waals surface area contributed by atoms with Crippen LogP contribution in [0.2, 0.25) is 0 Å². The summed E-state index contributed by atoms with van der Waals surface area (Å²) in [6.45, 7) is 18.4. The van der Waals surface area contributed by atoms with Gasteiger partial charge in [0.05, 0.1) is 134 Å². The number of carbonyl (C=O) groups is 17. The summed E-state index contributed by atoms with van der Waals surface area (Å²) in [7, 11) is -1.34. The molecule has 798 valence electrons. The number of methoxy groups -OCH3 is 2. The van der Waals surface area contributed by atoms with E-state index >= 15 is 0 Å². The number of carboxylic acids is 1. The number of esters is 1. The van der Waals surface area contributed by atoms with Crippen LogP contribution in [0.25, 0.3) is 0 Å². The van der Waals surface area contributed by atoms with Gasteiger partial charge in [0.15, 0.2) is 0 Å². The van der Waals surface area contributed by atoms with Crippen LogP contribution in [0.1, 0.15) is 170 Å². The number of carboxylic acid groups (broad SMARTS) is 1. The number of carbonyl (C=O) groups excluding carboxylic acids is 16. The van der Waals surface area contributed by atoms with Crippen LogP contribution in [-0.4, -0.2) is 346 Å². The number of nitrogens with zero attached hydrogens (tertiary/aromatic N) is 4. The van der Waals surface area contributed by atoms with Crippen LogP contribution in [0.4, 0.5) is 10.5 Å². The lowest BCUT2D eigenvalue weighted by Gasteiger charge is -2.41. The molecule has 3 fully saturated rings. The van der Waals surface area contributed by atoms with Gasteiger partial charge in [0.1, 0.15) is 48.4 Å². The quantitative estimate of drug-likeness (QED) is 0.0186. The Balaban J connectivity index is 1.16. The molecule has 142 heavy (non-hydrogen) atoms. The maximum absolute atomic E-state index is 14.7. The fraction of sp³-hybridized carbons (Fsp3) is 0.685. The van der Waals surface area contributed by atoms with E-state index in [0.29, 0.717) is 36.9 Å². The first-order valence-electron chi connectivity index (χ1n) is 47.6. The summed E-state index contributed by atoms with van der Waals surface area (Å²) in [4.78, 5) is 264. The van der Waals surface area contributed by atoms with Gasteiger partial charge in [0, 0.05) is 84.7 Å². The number of rotatable bonds is 66. The second kappa shape index (κ2) is 60.9. The van der Waals surface area contributed by atoms with Crippen LogP contribution in [0.3, 0.4) is 0 Å². The van der Waals surface area contributed by atoms with E-state index in [1.807, 2.05) is 60.5 Å². The molecule has 3 aliphatic rings. The normalized spacial score (nSPS) is 18.3. The summed E-state index contributed by atoms with van der Waals surface area (Å²) >= 11 is 0. The van der Waals surface area contributed by atoms with Gasteiger partial charge in [0.25, 0.3) is 0 Å². The number of nitrogens with one attached hydrogen (secondary N) is 11. The van der Waals surface area contributed by atoms with Crippen molar-refractivity contribution in [3.63, 3.8) is 0 Å². The molecular formula is C92H148N16O32P2. The van der Waals surface area contributed by atoms with E-state index in [9.17, 15) is 101 Å². The number of anilines is 1. The lowest BCUT2D eigenvalue weighted by molar-refractivity contribution is -0.148. The van der Waals surface area contributed by atoms with Gasteiger partial charge < -0.3 is 127 Å². The Morgan fingerprint density at radius 1 is 0.613 bits per heavy atom. The van der Waals surface area contributed by atoms with Crippen LogP contribution >= 0.6 is 15.4 Å². The van der Waals surface area contributed by atoms with Crippen LogP contribution in [0, 0.1) is 35.5 Å². The number of amides is 16. The molecule has 17 N–H and O–H groups in total. The molecule has 0 aromatic heterocycles. The molecule has 2 unspecified atom stereocenters. The molecule has 3 saturated heterocycles. The summed E-state index contributed by atoms with van der Waals surface area (Å²) in [5.74, 6) is -15.7. The predicted molar refractivity (Wildman–Crippen MR) is 511 cm³/mol. The molecule has 16 amide bonds. The van der Waals surface area contributed by atoms with Crippen LogP contribution < -0.4 is 64.2 Å². The number of imide groups is 1. The number of phosphoric acid groups is 1. The van der Waals surface area contributed by atoms with E-state index in [4.69, 9.17) is 57.7 Å². The van der Waals surface area contributed by atoms with E-state index in [1.54, 1.807) is 61.0 Å². The molecule has 3 heterocycles. The number of likely N-dealkylation sites (N-methyl/N-ethyl adjacent to an activating group) is 2. The van der Waals surface area contributed by atoms with Crippen molar-refractivity contribution < 1.29 is 153 Å². The van der Waals surface area contributed by atoms with E-state index < -0.39 is 246 Å². The van der Waals surface area contributed by atoms with E-state index in [1.165, 1.54) is 59.3 Å². The van der Waals surface area contributed by atoms with E-state index in [0.717, 1.165) is 4.90 Å². The standard InChI is InChI=1S/C92H148N16O32P2/c1-17-56(8)79(106(14)90(124)77(54(4)5)104-88(122)78(55(6)7)105(12)13)69(132-15)50-73(112)107-36-22-26-67(107)80(133-16)58(10)82(116)97-59(11)81(61-23-19-18-20-24-61)140-142(130,131)139-52-60-27-29-62(30-28-60)98-83(117)63(25-21-34-95-92(93)126)101-87(121)76(53(2)3)103-85(119)66(49-75(114)115)102-84(118)65(48-72(111)99-64-31-38-138-91(64)125)100-71(110)32-37-134-40-42-136-44-45-137-43-41-135-39-35-94-86(120)68(108-74(113)47-57(9)89(108)123)51-96-70(109)33-46-141(127,128)129/h18-20,23-24,27-30,53-59,63-69,76-81H,17,21-22,25-26,31-52H2,1-16H3,(H,94,120)(H,96,109)(H,97,116)(H,98,117)(H,99,111)(H,100,110)(H,101,121)(H,102,118)(H,103,119)(H,104,122)(H,114,115)(H,130,131)(H3,93,95,126)(H2,127,128,129)/t56-,57?,58+,59+,63-,64-,65-,66-,67-,68-,69+,76-,77-,78-,79-,80+,81+/m0/s1. The van der Waals surface area contributed by atoms with Gasteiger partial charge in [-0.1, -0.05) is 118 Å². The number of likely N-dealkylation sites (tertiary alicyclic amines) is 2. The number of hydrogen-bond acceptors (Lipinski definition) is 29. The Bertz CT molecular complexity index is 4610. The second-order valence-electron chi connectivity index (χ2n) is 36.6. The average molecular weight is 2050 g/mol. The topological polar surface area (TPSA) is 660 Å². The first-order chi connectivity index (χ1) is 66.9. The predicted octanol–water partition coefficient (Wildman–Crippen LogP) is 0.513. The summed E-state index contributed by atoms with van der Waals surface area (Å²) in [6.07, 6.45) is -5.28. The molecule has 18 atom stereocenters. The first-order valence-corrected chi connectivity index (χ1v) is 50.9. The van der Waals surface area contributed by atoms with Crippen molar-refractivity contribution in [1.82, 2.24) is 72.8 Å². The Morgan fingerprint density at radius 3 is 1.76 bits per heavy atom. The monoisotopic (exact) mass is 2050 g/mol. The van der Waals surface area contributed by atoms with Gasteiger partial charge in [-0.25, -0.2) is 14.2 Å². The number of ether oxygens (including phenoxy) is 7. The van der Waals surface area contributed by atoms with Crippen LogP contribution in [0.15, 0.2) is 54.6 Å². The van der Waals surface area contributed by atoms with Crippen molar-refractivity contribution in [1.29, 1.82) is 0 Å². The van der Waals surface area contributed by atoms with Crippen LogP contribution in [0.5, 0.6) is 0 Å². The van der Waals surface area contributed by atoms with Gasteiger partial charge in [-0.05, 0) is 93.6 Å². The molecule has 0 bridgehead atoms. The SMILES string of the molecule is CC[C@H](C)[C@@H]([C@@H](CC(=O)N1CCC[C@H]1[C@H](OC)[C@@H](C)C(=O)N[C@H](C)[C@@H](OP(=O)(O)OCc1ccc(NC(=O)[C@H](CCCNC(N)=O)NC(=O)[C@@H](NC(=O)[C@H](CC(=O)O)NC(=O)[C@H](CC(=O)N[C@H]2CCOC2=O)NC(=O)CCOCCOCCOCCOCCNC(=O)[C@H](CNC(=O)CCP(=O)(O)O)N2C(=O)CC(C)C2=O)C(C)C)cc1)c1ccccc1)OC)N(C)C(=O)[C@@H](NC(=O)[C@H](C(C)C)N(C)C)C(C)C. The van der Waals surface area contributed by atoms with E-state index in [-0.39, 0.29) is 146 Å². The number of primary amides is 1. The highest BCUT2D eigenvalue weighted by molar-refractivity contribution is 7.51.